The van der Waals surface area contributed by atoms with E-state index in [0.29, 0.717) is 18.0 Å². The third kappa shape index (κ3) is 3.98. The molecule has 1 amide bonds. The first-order valence-corrected chi connectivity index (χ1v) is 12.1. The van der Waals surface area contributed by atoms with Crippen molar-refractivity contribution in [2.24, 2.45) is 0 Å². The molecule has 0 radical (unpaired) electrons. The molecule has 2 unspecified atom stereocenters. The van der Waals surface area contributed by atoms with Crippen LogP contribution in [0, 0.1) is 0 Å². The van der Waals surface area contributed by atoms with Gasteiger partial charge < -0.3 is 20.0 Å². The van der Waals surface area contributed by atoms with Gasteiger partial charge in [0.1, 0.15) is 6.54 Å². The zero-order valence-electron chi connectivity index (χ0n) is 19.8. The van der Waals surface area contributed by atoms with E-state index in [1.165, 1.54) is 12.8 Å². The van der Waals surface area contributed by atoms with E-state index in [1.54, 1.807) is 10.9 Å². The molecule has 3 aromatic rings. The van der Waals surface area contributed by atoms with Crippen LogP contribution in [0.5, 0.6) is 0 Å². The normalized spacial score (nSPS) is 23.7. The molecule has 0 aliphatic carbocycles. The average molecular weight is 465 g/mol. The van der Waals surface area contributed by atoms with Crippen molar-refractivity contribution in [2.75, 3.05) is 63.6 Å². The molecule has 11 heteroatoms. The van der Waals surface area contributed by atoms with Gasteiger partial charge in [0.25, 0.3) is 0 Å². The SMILES string of the molecule is CN1CCN(C(=O)Cn2cc(Nc3nc4c(N5CC6CCC(C5)N6C)cccn4n3)cn2)CC1. The van der Waals surface area contributed by atoms with Gasteiger partial charge in [-0.15, -0.1) is 5.10 Å². The molecule has 2 bridgehead atoms. The highest BCUT2D eigenvalue weighted by molar-refractivity contribution is 5.76. The molecule has 11 nitrogen and oxygen atoms in total. The molecule has 3 aliphatic rings. The topological polar surface area (TPSA) is 90.1 Å². The Hall–Kier alpha value is -3.18. The number of piperazine rings is 2. The fourth-order valence-corrected chi connectivity index (χ4v) is 5.44. The van der Waals surface area contributed by atoms with E-state index >= 15 is 0 Å². The molecule has 180 valence electrons. The number of likely N-dealkylation sites (N-methyl/N-ethyl adjacent to an activating group) is 2. The van der Waals surface area contributed by atoms with Crippen LogP contribution in [0.1, 0.15) is 12.8 Å². The Balaban J connectivity index is 1.14. The molecule has 34 heavy (non-hydrogen) atoms. The van der Waals surface area contributed by atoms with Crippen molar-refractivity contribution in [1.82, 2.24) is 39.1 Å². The van der Waals surface area contributed by atoms with Gasteiger partial charge >= 0.3 is 0 Å². The minimum atomic E-state index is 0.0967. The number of nitrogens with zero attached hydrogens (tertiary/aromatic N) is 9. The standard InChI is InChI=1S/C23H32N10O/c1-28-8-10-30(11-9-28)21(34)16-32-13-17(12-24-32)25-23-26-22-20(4-3-7-33(22)27-23)31-14-18-5-6-19(15-31)29(18)2/h3-4,7,12-13,18-19H,5-6,8-11,14-16H2,1-2H3,(H,25,27). The fourth-order valence-electron chi connectivity index (χ4n) is 5.44. The number of hydrogen-bond acceptors (Lipinski definition) is 8. The number of amides is 1. The molecule has 0 saturated carbocycles. The van der Waals surface area contributed by atoms with Gasteiger partial charge in [-0.25, -0.2) is 4.52 Å². The second-order valence-corrected chi connectivity index (χ2v) is 9.79. The summed E-state index contributed by atoms with van der Waals surface area (Å²) in [4.78, 5) is 26.5. The van der Waals surface area contributed by atoms with E-state index in [1.807, 2.05) is 27.9 Å². The molecule has 1 N–H and O–H groups in total. The van der Waals surface area contributed by atoms with Gasteiger partial charge in [-0.05, 0) is 39.1 Å². The van der Waals surface area contributed by atoms with Crippen molar-refractivity contribution >= 4 is 28.9 Å². The molecule has 3 fully saturated rings. The maximum Gasteiger partial charge on any atom is 0.247 e. The van der Waals surface area contributed by atoms with Crippen molar-refractivity contribution in [3.63, 3.8) is 0 Å². The Morgan fingerprint density at radius 1 is 1.12 bits per heavy atom. The van der Waals surface area contributed by atoms with E-state index in [2.05, 4.69) is 50.4 Å². The fraction of sp³-hybridized carbons (Fsp3) is 0.565. The van der Waals surface area contributed by atoms with Crippen LogP contribution < -0.4 is 10.2 Å². The smallest absolute Gasteiger partial charge is 0.247 e. The summed E-state index contributed by atoms with van der Waals surface area (Å²) in [6.45, 7) is 5.64. The molecule has 6 heterocycles. The van der Waals surface area contributed by atoms with Crippen LogP contribution in [-0.2, 0) is 11.3 Å². The van der Waals surface area contributed by atoms with Crippen LogP contribution in [0.2, 0.25) is 0 Å². The van der Waals surface area contributed by atoms with E-state index < -0.39 is 0 Å². The monoisotopic (exact) mass is 464 g/mol. The third-order valence-electron chi connectivity index (χ3n) is 7.57. The molecule has 0 spiro atoms. The summed E-state index contributed by atoms with van der Waals surface area (Å²) in [6.07, 6.45) is 8.00. The quantitative estimate of drug-likeness (QED) is 0.591. The number of hydrogen-bond donors (Lipinski definition) is 1. The summed E-state index contributed by atoms with van der Waals surface area (Å²) in [5.74, 6) is 0.619. The Labute approximate surface area is 198 Å². The second kappa shape index (κ2) is 8.55. The number of nitrogens with one attached hydrogen (secondary N) is 1. The summed E-state index contributed by atoms with van der Waals surface area (Å²) in [6, 6.07) is 5.39. The summed E-state index contributed by atoms with van der Waals surface area (Å²) >= 11 is 0. The molecule has 2 atom stereocenters. The van der Waals surface area contributed by atoms with Crippen molar-refractivity contribution in [3.8, 4) is 0 Å². The number of pyridine rings is 1. The van der Waals surface area contributed by atoms with Crippen molar-refractivity contribution in [3.05, 3.63) is 30.7 Å². The summed E-state index contributed by atoms with van der Waals surface area (Å²) in [7, 11) is 4.33. The first kappa shape index (κ1) is 21.4. The van der Waals surface area contributed by atoms with Gasteiger partial charge in [0, 0.05) is 63.7 Å². The minimum Gasteiger partial charge on any atom is -0.365 e. The van der Waals surface area contributed by atoms with Crippen LogP contribution >= 0.6 is 0 Å². The lowest BCUT2D eigenvalue weighted by Gasteiger charge is -2.40. The zero-order valence-corrected chi connectivity index (χ0v) is 19.8. The molecule has 3 aliphatic heterocycles. The Bertz CT molecular complexity index is 1170. The van der Waals surface area contributed by atoms with E-state index in [0.717, 1.165) is 56.3 Å². The van der Waals surface area contributed by atoms with Crippen LogP contribution in [0.4, 0.5) is 17.3 Å². The predicted molar refractivity (Wildman–Crippen MR) is 129 cm³/mol. The van der Waals surface area contributed by atoms with Crippen molar-refractivity contribution in [2.45, 2.75) is 31.5 Å². The highest BCUT2D eigenvalue weighted by Crippen LogP contribution is 2.32. The highest BCUT2D eigenvalue weighted by atomic mass is 16.2. The molecule has 6 rings (SSSR count). The summed E-state index contributed by atoms with van der Waals surface area (Å²) in [5, 5.41) is 12.2. The van der Waals surface area contributed by atoms with Crippen molar-refractivity contribution in [1.29, 1.82) is 0 Å². The number of anilines is 3. The van der Waals surface area contributed by atoms with E-state index in [9.17, 15) is 4.79 Å². The van der Waals surface area contributed by atoms with Gasteiger partial charge in [0.05, 0.1) is 17.6 Å². The number of fused-ring (bicyclic) bond motifs is 3. The lowest BCUT2D eigenvalue weighted by atomic mass is 10.2. The largest absolute Gasteiger partial charge is 0.365 e. The van der Waals surface area contributed by atoms with Gasteiger partial charge in [-0.3, -0.25) is 14.4 Å². The van der Waals surface area contributed by atoms with Crippen LogP contribution in [0.15, 0.2) is 30.7 Å². The van der Waals surface area contributed by atoms with Gasteiger partial charge in [0.2, 0.25) is 11.9 Å². The lowest BCUT2D eigenvalue weighted by Crippen LogP contribution is -2.52. The van der Waals surface area contributed by atoms with Gasteiger partial charge in [-0.1, -0.05) is 0 Å². The average Bonchev–Trinajstić information content (AvgIpc) is 3.49. The van der Waals surface area contributed by atoms with E-state index in [-0.39, 0.29) is 12.5 Å². The van der Waals surface area contributed by atoms with Crippen LogP contribution in [0.3, 0.4) is 0 Å². The summed E-state index contributed by atoms with van der Waals surface area (Å²) in [5.41, 5.74) is 2.74. The highest BCUT2D eigenvalue weighted by Gasteiger charge is 2.38. The Morgan fingerprint density at radius 2 is 1.88 bits per heavy atom. The maximum atomic E-state index is 12.6. The first-order valence-electron chi connectivity index (χ1n) is 12.1. The number of carbonyl (C=O) groups is 1. The molecule has 3 aromatic heterocycles. The molecule has 0 aromatic carbocycles. The van der Waals surface area contributed by atoms with Crippen molar-refractivity contribution < 1.29 is 4.79 Å². The molecular formula is C23H32N10O. The maximum absolute atomic E-state index is 12.6. The zero-order chi connectivity index (χ0) is 23.2. The second-order valence-electron chi connectivity index (χ2n) is 9.79. The Morgan fingerprint density at radius 3 is 2.65 bits per heavy atom. The Kier molecular flexibility index (Phi) is 5.37. The lowest BCUT2D eigenvalue weighted by molar-refractivity contribution is -0.133. The number of rotatable bonds is 5. The number of carbonyl (C=O) groups excluding carboxylic acids is 1. The third-order valence-corrected chi connectivity index (χ3v) is 7.57. The van der Waals surface area contributed by atoms with Gasteiger partial charge in [0.15, 0.2) is 5.65 Å². The minimum absolute atomic E-state index is 0.0967. The van der Waals surface area contributed by atoms with Crippen LogP contribution in [-0.4, -0.2) is 110 Å². The molecular weight excluding hydrogens is 432 g/mol. The van der Waals surface area contributed by atoms with Gasteiger partial charge in [-0.2, -0.15) is 10.1 Å². The first-order chi connectivity index (χ1) is 16.5. The summed E-state index contributed by atoms with van der Waals surface area (Å²) < 4.78 is 3.50. The number of aromatic nitrogens is 5. The van der Waals surface area contributed by atoms with E-state index in [4.69, 9.17) is 4.98 Å². The molecule has 3 saturated heterocycles. The predicted octanol–water partition coefficient (Wildman–Crippen LogP) is 0.726. The van der Waals surface area contributed by atoms with Crippen LogP contribution in [0.25, 0.3) is 5.65 Å².